The number of isocyanates is 1. The maximum atomic E-state index is 12.1. The summed E-state index contributed by atoms with van der Waals surface area (Å²) in [6.45, 7) is 6.99. The van der Waals surface area contributed by atoms with E-state index in [2.05, 4.69) is 84.3 Å². The smallest absolute Gasteiger partial charge is 0.407 e. The maximum absolute atomic E-state index is 12.1. The van der Waals surface area contributed by atoms with Gasteiger partial charge in [-0.2, -0.15) is 0 Å². The number of nitrogens with one attached hydrogen (secondary N) is 1. The van der Waals surface area contributed by atoms with Crippen LogP contribution in [-0.4, -0.2) is 90.7 Å². The average molecular weight is 993 g/mol. The summed E-state index contributed by atoms with van der Waals surface area (Å²) in [5, 5.41) is 12.6. The molecule has 0 radical (unpaired) electrons. The van der Waals surface area contributed by atoms with Crippen LogP contribution in [0.1, 0.15) is 0 Å². The van der Waals surface area contributed by atoms with Crippen LogP contribution in [0.25, 0.3) is 0 Å². The number of halogens is 2. The Morgan fingerprint density at radius 2 is 1.09 bits per heavy atom. The van der Waals surface area contributed by atoms with Crippen molar-refractivity contribution in [2.24, 2.45) is 4.99 Å². The molecule has 4 aromatic rings. The van der Waals surface area contributed by atoms with Crippen molar-refractivity contribution in [3.8, 4) is 0 Å². The minimum Gasteiger partial charge on any atom is -0.461 e. The predicted molar refractivity (Wildman–Crippen MR) is 244 cm³/mol. The number of aliphatic hydroxyl groups excluding tert-OH is 1. The Balaban J connectivity index is 0.000000341. The van der Waals surface area contributed by atoms with E-state index >= 15 is 0 Å². The van der Waals surface area contributed by atoms with E-state index in [1.165, 1.54) is 15.9 Å². The third kappa shape index (κ3) is 25.6. The highest BCUT2D eigenvalue weighted by atomic mass is 79.9. The van der Waals surface area contributed by atoms with Crippen molar-refractivity contribution in [1.29, 1.82) is 0 Å². The van der Waals surface area contributed by atoms with E-state index in [1.54, 1.807) is 47.0 Å². The van der Waals surface area contributed by atoms with E-state index in [4.69, 9.17) is 9.47 Å². The molecule has 308 valence electrons. The molecule has 0 aliphatic carbocycles. The first-order chi connectivity index (χ1) is 28.1. The van der Waals surface area contributed by atoms with Crippen molar-refractivity contribution in [2.75, 3.05) is 49.3 Å². The highest BCUT2D eigenvalue weighted by molar-refractivity contribution is 9.10. The normalized spacial score (nSPS) is 11.0. The molecule has 0 aliphatic rings. The van der Waals surface area contributed by atoms with Crippen molar-refractivity contribution < 1.29 is 38.5 Å². The number of rotatable bonds is 21. The molecule has 4 rings (SSSR count). The molecular formula is C42H44Br2N2O8S4. The highest BCUT2D eigenvalue weighted by Gasteiger charge is 2.16. The lowest BCUT2D eigenvalue weighted by Crippen LogP contribution is -2.33. The van der Waals surface area contributed by atoms with Gasteiger partial charge in [-0.1, -0.05) is 81.4 Å². The topological polar surface area (TPSA) is 141 Å². The lowest BCUT2D eigenvalue weighted by atomic mass is 10.4. The minimum absolute atomic E-state index is 0.0665. The minimum atomic E-state index is -0.533. The third-order valence-electron chi connectivity index (χ3n) is 6.60. The van der Waals surface area contributed by atoms with Gasteiger partial charge in [0.25, 0.3) is 0 Å². The van der Waals surface area contributed by atoms with E-state index in [0.29, 0.717) is 11.5 Å². The van der Waals surface area contributed by atoms with Crippen molar-refractivity contribution >= 4 is 103 Å². The van der Waals surface area contributed by atoms with Crippen LogP contribution in [-0.2, 0) is 28.6 Å². The SMILES string of the molecule is C=CC(=O)OCCN=C=O.C=CC(=O)OCCNC(=O)OC(CSc1ccccc1)CSc1ccc(Br)cc1.OC(CSc1ccccc1)CSc1ccc(Br)cc1. The Hall–Kier alpha value is -3.73. The molecule has 0 bridgehead atoms. The number of hydrogen-bond donors (Lipinski definition) is 2. The van der Waals surface area contributed by atoms with Gasteiger partial charge in [-0.05, 0) is 72.8 Å². The summed E-state index contributed by atoms with van der Waals surface area (Å²) in [4.78, 5) is 50.6. The lowest BCUT2D eigenvalue weighted by Gasteiger charge is -2.18. The number of esters is 2. The van der Waals surface area contributed by atoms with Crippen LogP contribution in [0.4, 0.5) is 4.79 Å². The summed E-state index contributed by atoms with van der Waals surface area (Å²) in [6, 6.07) is 36.3. The molecule has 0 saturated carbocycles. The summed E-state index contributed by atoms with van der Waals surface area (Å²) in [5.74, 6) is 1.67. The van der Waals surface area contributed by atoms with E-state index in [-0.39, 0.29) is 38.5 Å². The molecule has 0 fully saturated rings. The second-order valence-electron chi connectivity index (χ2n) is 11.1. The number of thioether (sulfide) groups is 4. The highest BCUT2D eigenvalue weighted by Crippen LogP contribution is 2.26. The van der Waals surface area contributed by atoms with Crippen LogP contribution in [0.3, 0.4) is 0 Å². The zero-order valence-corrected chi connectivity index (χ0v) is 37.9. The second-order valence-corrected chi connectivity index (χ2v) is 17.3. The van der Waals surface area contributed by atoms with E-state index in [1.807, 2.05) is 84.9 Å². The van der Waals surface area contributed by atoms with Gasteiger partial charge < -0.3 is 24.6 Å². The largest absolute Gasteiger partial charge is 0.461 e. The molecular weight excluding hydrogens is 949 g/mol. The molecule has 2 unspecified atom stereocenters. The maximum Gasteiger partial charge on any atom is 0.407 e. The van der Waals surface area contributed by atoms with Gasteiger partial charge in [-0.15, -0.1) is 47.0 Å². The van der Waals surface area contributed by atoms with E-state index in [0.717, 1.165) is 42.4 Å². The standard InChI is InChI=1S/C21H22BrNO4S2.C15H15BrOS2.C6H7NO3/c1-2-20(24)26-13-12-23-21(25)27-17(14-28-18-6-4-3-5-7-18)15-29-19-10-8-16(22)9-11-19;16-12-6-8-15(9-7-12)19-11-13(17)10-18-14-4-2-1-3-5-14;1-2-6(9)10-4-3-7-5-8/h2-11,17H,1,12-15H2,(H,23,25);1-9,13,17H,10-11H2;2H,1,3-4H2. The average Bonchev–Trinajstić information content (AvgIpc) is 3.25. The van der Waals surface area contributed by atoms with Crippen molar-refractivity contribution in [3.63, 3.8) is 0 Å². The van der Waals surface area contributed by atoms with Gasteiger partial charge in [-0.25, -0.2) is 24.2 Å². The first-order valence-corrected chi connectivity index (χ1v) is 23.0. The Morgan fingerprint density at radius 3 is 1.52 bits per heavy atom. The molecule has 0 aromatic heterocycles. The quantitative estimate of drug-likeness (QED) is 0.0156. The van der Waals surface area contributed by atoms with Crippen LogP contribution in [0.15, 0.2) is 168 Å². The van der Waals surface area contributed by atoms with Gasteiger partial charge in [0.15, 0.2) is 0 Å². The number of carbonyl (C=O) groups excluding carboxylic acids is 4. The first-order valence-electron chi connectivity index (χ1n) is 17.5. The summed E-state index contributed by atoms with van der Waals surface area (Å²) < 4.78 is 17.0. The molecule has 4 aromatic carbocycles. The molecule has 58 heavy (non-hydrogen) atoms. The Morgan fingerprint density at radius 1 is 0.672 bits per heavy atom. The summed E-state index contributed by atoms with van der Waals surface area (Å²) in [7, 11) is 0. The molecule has 0 saturated heterocycles. The number of aliphatic imine (C=N–C) groups is 1. The fraction of sp³-hybridized carbons (Fsp3) is 0.238. The number of ether oxygens (including phenoxy) is 3. The molecule has 1 amide bonds. The number of aliphatic hydroxyl groups is 1. The Labute approximate surface area is 373 Å². The van der Waals surface area contributed by atoms with Gasteiger partial charge in [0, 0.05) is 63.7 Å². The molecule has 2 N–H and O–H groups in total. The number of carbonyl (C=O) groups is 3. The molecule has 0 heterocycles. The van der Waals surface area contributed by atoms with E-state index < -0.39 is 18.0 Å². The number of nitrogens with zero attached hydrogens (tertiary/aromatic N) is 1. The zero-order chi connectivity index (χ0) is 42.2. The monoisotopic (exact) mass is 990 g/mol. The summed E-state index contributed by atoms with van der Waals surface area (Å²) in [5.41, 5.74) is 0. The van der Waals surface area contributed by atoms with Gasteiger partial charge in [0.1, 0.15) is 19.3 Å². The van der Waals surface area contributed by atoms with Crippen LogP contribution >= 0.6 is 78.9 Å². The molecule has 16 heteroatoms. The van der Waals surface area contributed by atoms with Crippen LogP contribution in [0.5, 0.6) is 0 Å². The number of alkyl carbamates (subject to hydrolysis) is 1. The van der Waals surface area contributed by atoms with E-state index in [9.17, 15) is 24.3 Å². The fourth-order valence-corrected chi connectivity index (χ4v) is 8.19. The fourth-order valence-electron chi connectivity index (χ4n) is 3.88. The Bertz CT molecular complexity index is 1840. The number of benzene rings is 4. The second kappa shape index (κ2) is 32.2. The van der Waals surface area contributed by atoms with Crippen molar-refractivity contribution in [2.45, 2.75) is 31.8 Å². The van der Waals surface area contributed by atoms with Crippen molar-refractivity contribution in [3.05, 3.63) is 143 Å². The van der Waals surface area contributed by atoms with Gasteiger partial charge in [-0.3, -0.25) is 0 Å². The van der Waals surface area contributed by atoms with Gasteiger partial charge in [0.05, 0.1) is 19.2 Å². The number of amides is 1. The molecule has 2 atom stereocenters. The molecule has 0 aliphatic heterocycles. The van der Waals surface area contributed by atoms with Crippen molar-refractivity contribution in [1.82, 2.24) is 5.32 Å². The van der Waals surface area contributed by atoms with Gasteiger partial charge in [0.2, 0.25) is 6.08 Å². The molecule has 0 spiro atoms. The first kappa shape index (κ1) is 50.4. The Kier molecular flexibility index (Phi) is 28.0. The predicted octanol–water partition coefficient (Wildman–Crippen LogP) is 9.90. The lowest BCUT2D eigenvalue weighted by molar-refractivity contribution is -0.138. The third-order valence-corrected chi connectivity index (χ3v) is 12.3. The molecule has 10 nitrogen and oxygen atoms in total. The number of hydrogen-bond acceptors (Lipinski definition) is 13. The van der Waals surface area contributed by atoms with Crippen LogP contribution in [0, 0.1) is 0 Å². The van der Waals surface area contributed by atoms with Crippen LogP contribution in [0.2, 0.25) is 0 Å². The summed E-state index contributed by atoms with van der Waals surface area (Å²) in [6.07, 6.45) is 2.33. The van der Waals surface area contributed by atoms with Crippen LogP contribution < -0.4 is 5.32 Å². The zero-order valence-electron chi connectivity index (χ0n) is 31.4. The summed E-state index contributed by atoms with van der Waals surface area (Å²) >= 11 is 13.5. The van der Waals surface area contributed by atoms with Gasteiger partial charge >= 0.3 is 18.0 Å².